The lowest BCUT2D eigenvalue weighted by Crippen LogP contribution is -2.49. The van der Waals surface area contributed by atoms with E-state index < -0.39 is 22.0 Å². The molecule has 168 valence electrons. The van der Waals surface area contributed by atoms with E-state index in [0.717, 1.165) is 12.0 Å². The third kappa shape index (κ3) is 5.34. The van der Waals surface area contributed by atoms with Crippen LogP contribution in [0.2, 0.25) is 0 Å². The summed E-state index contributed by atoms with van der Waals surface area (Å²) in [5.74, 6) is -0.102. The second kappa shape index (κ2) is 10.1. The summed E-state index contributed by atoms with van der Waals surface area (Å²) in [6, 6.07) is 13.6. The number of rotatable bonds is 7. The van der Waals surface area contributed by atoms with Gasteiger partial charge in [-0.2, -0.15) is 4.31 Å². The summed E-state index contributed by atoms with van der Waals surface area (Å²) < 4.78 is 41.1. The molecule has 1 fully saturated rings. The topological polar surface area (TPSA) is 92.3 Å². The lowest BCUT2D eigenvalue weighted by atomic mass is 10.0. The van der Waals surface area contributed by atoms with Gasteiger partial charge in [-0.3, -0.25) is 10.1 Å². The van der Waals surface area contributed by atoms with Crippen molar-refractivity contribution in [2.24, 2.45) is 0 Å². The minimum atomic E-state index is -3.78. The van der Waals surface area contributed by atoms with Gasteiger partial charge in [-0.25, -0.2) is 12.8 Å². The normalized spacial score (nSPS) is 17.2. The Morgan fingerprint density at radius 3 is 2.62 bits per heavy atom. The second-order valence-electron chi connectivity index (χ2n) is 7.22. The third-order valence-corrected chi connectivity index (χ3v) is 8.98. The van der Waals surface area contributed by atoms with Gasteiger partial charge in [0.15, 0.2) is 4.34 Å². The van der Waals surface area contributed by atoms with Gasteiger partial charge in [0.25, 0.3) is 0 Å². The molecule has 4 rings (SSSR count). The van der Waals surface area contributed by atoms with Crippen LogP contribution in [0, 0.1) is 5.82 Å². The number of hydrogen-bond acceptors (Lipinski definition) is 7. The molecule has 32 heavy (non-hydrogen) atoms. The molecule has 1 aliphatic heterocycles. The number of nitrogens with zero attached hydrogens (tertiary/aromatic N) is 3. The van der Waals surface area contributed by atoms with Crippen molar-refractivity contribution >= 4 is 44.2 Å². The molecule has 1 aliphatic rings. The molecule has 2 aromatic carbocycles. The fraction of sp³-hybridized carbons (Fsp3) is 0.286. The van der Waals surface area contributed by atoms with E-state index in [0.29, 0.717) is 34.6 Å². The van der Waals surface area contributed by atoms with Crippen LogP contribution in [0.3, 0.4) is 0 Å². The van der Waals surface area contributed by atoms with E-state index in [9.17, 15) is 17.6 Å². The average Bonchev–Trinajstić information content (AvgIpc) is 3.26. The molecule has 1 saturated heterocycles. The van der Waals surface area contributed by atoms with Crippen LogP contribution in [0.5, 0.6) is 0 Å². The number of thioether (sulfide) groups is 1. The predicted octanol–water partition coefficient (Wildman–Crippen LogP) is 4.15. The van der Waals surface area contributed by atoms with E-state index in [1.807, 2.05) is 0 Å². The van der Waals surface area contributed by atoms with Crippen LogP contribution in [0.15, 0.2) is 63.8 Å². The highest BCUT2D eigenvalue weighted by molar-refractivity contribution is 8.00. The fourth-order valence-electron chi connectivity index (χ4n) is 3.42. The zero-order chi connectivity index (χ0) is 22.6. The van der Waals surface area contributed by atoms with Crippen LogP contribution >= 0.6 is 23.1 Å². The summed E-state index contributed by atoms with van der Waals surface area (Å²) in [5, 5.41) is 11.1. The molecule has 0 radical (unpaired) electrons. The lowest BCUT2D eigenvalue weighted by molar-refractivity contribution is -0.120. The van der Waals surface area contributed by atoms with Gasteiger partial charge in [-0.05, 0) is 42.7 Å². The minimum Gasteiger partial charge on any atom is -0.299 e. The summed E-state index contributed by atoms with van der Waals surface area (Å²) in [7, 11) is -3.78. The Morgan fingerprint density at radius 2 is 1.88 bits per heavy atom. The van der Waals surface area contributed by atoms with Crippen LogP contribution in [-0.2, 0) is 20.6 Å². The average molecular weight is 493 g/mol. The highest BCUT2D eigenvalue weighted by Crippen LogP contribution is 2.30. The largest absolute Gasteiger partial charge is 0.299 e. The summed E-state index contributed by atoms with van der Waals surface area (Å²) in [6.07, 6.45) is 1.93. The number of piperidine rings is 1. The van der Waals surface area contributed by atoms with Crippen molar-refractivity contribution in [1.29, 1.82) is 0 Å². The standard InChI is InChI=1S/C21H21FN4O3S3/c22-16-11-9-15(10-12-16)14-30-21-25-24-20(31-21)23-19(27)18-8-4-5-13-26(18)32(28,29)17-6-2-1-3-7-17/h1-3,6-7,9-12,18H,4-5,8,13-14H2,(H,23,24,27). The molecule has 2 heterocycles. The van der Waals surface area contributed by atoms with E-state index >= 15 is 0 Å². The van der Waals surface area contributed by atoms with Gasteiger partial charge in [0.05, 0.1) is 4.90 Å². The highest BCUT2D eigenvalue weighted by Gasteiger charge is 2.37. The summed E-state index contributed by atoms with van der Waals surface area (Å²) in [4.78, 5) is 13.1. The van der Waals surface area contributed by atoms with Crippen LogP contribution in [0.25, 0.3) is 0 Å². The lowest BCUT2D eigenvalue weighted by Gasteiger charge is -2.33. The van der Waals surface area contributed by atoms with E-state index in [1.165, 1.54) is 51.7 Å². The van der Waals surface area contributed by atoms with Crippen LogP contribution in [-0.4, -0.2) is 41.4 Å². The SMILES string of the molecule is O=C(Nc1nnc(SCc2ccc(F)cc2)s1)C1CCCCN1S(=O)(=O)c1ccccc1. The molecule has 0 bridgehead atoms. The predicted molar refractivity (Wildman–Crippen MR) is 122 cm³/mol. The molecule has 0 aliphatic carbocycles. The summed E-state index contributed by atoms with van der Waals surface area (Å²) in [5.41, 5.74) is 0.946. The van der Waals surface area contributed by atoms with Crippen molar-refractivity contribution in [3.63, 3.8) is 0 Å². The van der Waals surface area contributed by atoms with Gasteiger partial charge in [0.1, 0.15) is 11.9 Å². The third-order valence-electron chi connectivity index (χ3n) is 5.02. The number of sulfonamides is 1. The fourth-order valence-corrected chi connectivity index (χ4v) is 6.80. The molecule has 7 nitrogen and oxygen atoms in total. The molecule has 1 N–H and O–H groups in total. The Kier molecular flexibility index (Phi) is 7.19. The van der Waals surface area contributed by atoms with Gasteiger partial charge in [-0.1, -0.05) is 59.9 Å². The van der Waals surface area contributed by atoms with Crippen molar-refractivity contribution in [1.82, 2.24) is 14.5 Å². The molecular formula is C21H21FN4O3S3. The Labute approximate surface area is 194 Å². The van der Waals surface area contributed by atoms with Crippen molar-refractivity contribution in [2.45, 2.75) is 40.3 Å². The van der Waals surface area contributed by atoms with Crippen LogP contribution < -0.4 is 5.32 Å². The van der Waals surface area contributed by atoms with Gasteiger partial charge in [0.2, 0.25) is 21.1 Å². The van der Waals surface area contributed by atoms with Crippen molar-refractivity contribution < 1.29 is 17.6 Å². The van der Waals surface area contributed by atoms with Crippen LogP contribution in [0.4, 0.5) is 9.52 Å². The van der Waals surface area contributed by atoms with E-state index in [2.05, 4.69) is 15.5 Å². The number of aromatic nitrogens is 2. The van der Waals surface area contributed by atoms with Crippen molar-refractivity contribution in [3.8, 4) is 0 Å². The van der Waals surface area contributed by atoms with Gasteiger partial charge >= 0.3 is 0 Å². The Bertz CT molecular complexity index is 1170. The summed E-state index contributed by atoms with van der Waals surface area (Å²) in [6.45, 7) is 0.296. The first-order valence-electron chi connectivity index (χ1n) is 10.0. The first-order chi connectivity index (χ1) is 15.4. The van der Waals surface area contributed by atoms with Crippen LogP contribution in [0.1, 0.15) is 24.8 Å². The second-order valence-corrected chi connectivity index (χ2v) is 11.3. The Balaban J connectivity index is 1.42. The quantitative estimate of drug-likeness (QED) is 0.394. The molecule has 1 aromatic heterocycles. The minimum absolute atomic E-state index is 0.176. The van der Waals surface area contributed by atoms with E-state index in [-0.39, 0.29) is 10.7 Å². The number of carbonyl (C=O) groups excluding carboxylic acids is 1. The molecule has 3 aromatic rings. The first kappa shape index (κ1) is 22.8. The Morgan fingerprint density at radius 1 is 1.12 bits per heavy atom. The number of nitrogens with one attached hydrogen (secondary N) is 1. The number of benzene rings is 2. The smallest absolute Gasteiger partial charge is 0.244 e. The molecule has 0 saturated carbocycles. The van der Waals surface area contributed by atoms with Crippen molar-refractivity contribution in [3.05, 3.63) is 66.0 Å². The van der Waals surface area contributed by atoms with Gasteiger partial charge < -0.3 is 0 Å². The molecule has 1 amide bonds. The maximum Gasteiger partial charge on any atom is 0.244 e. The monoisotopic (exact) mass is 492 g/mol. The molecule has 11 heteroatoms. The molecule has 1 unspecified atom stereocenters. The van der Waals surface area contributed by atoms with E-state index in [1.54, 1.807) is 30.3 Å². The summed E-state index contributed by atoms with van der Waals surface area (Å²) >= 11 is 2.65. The number of anilines is 1. The maximum atomic E-state index is 13.1. The molecule has 0 spiro atoms. The zero-order valence-electron chi connectivity index (χ0n) is 17.0. The zero-order valence-corrected chi connectivity index (χ0v) is 19.4. The van der Waals surface area contributed by atoms with Gasteiger partial charge in [0, 0.05) is 12.3 Å². The number of carbonyl (C=O) groups is 1. The van der Waals surface area contributed by atoms with E-state index in [4.69, 9.17) is 0 Å². The van der Waals surface area contributed by atoms with Gasteiger partial charge in [-0.15, -0.1) is 10.2 Å². The Hall–Kier alpha value is -2.34. The van der Waals surface area contributed by atoms with Crippen molar-refractivity contribution in [2.75, 3.05) is 11.9 Å². The number of hydrogen-bond donors (Lipinski definition) is 1. The molecule has 1 atom stereocenters. The number of amides is 1. The molecular weight excluding hydrogens is 471 g/mol. The number of halogens is 1. The maximum absolute atomic E-state index is 13.1. The highest BCUT2D eigenvalue weighted by atomic mass is 32.2. The first-order valence-corrected chi connectivity index (χ1v) is 13.3.